The van der Waals surface area contributed by atoms with Crippen molar-refractivity contribution in [2.75, 3.05) is 0 Å². The number of amides is 2. The van der Waals surface area contributed by atoms with E-state index in [0.717, 1.165) is 10.5 Å². The maximum Gasteiger partial charge on any atom is 0.335 e. The normalized spacial score (nSPS) is 19.8. The molecule has 0 bridgehead atoms. The molecule has 1 aromatic carbocycles. The number of carbonyl (C=O) groups excluding carboxylic acids is 1. The molecule has 4 heteroatoms. The van der Waals surface area contributed by atoms with Gasteiger partial charge in [-0.2, -0.15) is 5.26 Å². The molecule has 2 rings (SSSR count). The van der Waals surface area contributed by atoms with Gasteiger partial charge in [0.05, 0.1) is 6.04 Å². The maximum absolute atomic E-state index is 11.6. The Kier molecular flexibility index (Phi) is 2.61. The minimum atomic E-state index is -0.378. The summed E-state index contributed by atoms with van der Waals surface area (Å²) in [4.78, 5) is 12.6. The van der Waals surface area contributed by atoms with E-state index in [9.17, 15) is 4.79 Å². The minimum absolute atomic E-state index is 0.154. The first-order valence-corrected chi connectivity index (χ1v) is 4.96. The smallest absolute Gasteiger partial charge is 0.326 e. The van der Waals surface area contributed by atoms with E-state index in [1.165, 1.54) is 0 Å². The zero-order valence-electron chi connectivity index (χ0n) is 8.84. The molecule has 0 saturated heterocycles. The molecule has 0 radical (unpaired) electrons. The topological polar surface area (TPSA) is 56.1 Å². The van der Waals surface area contributed by atoms with Crippen LogP contribution in [0.25, 0.3) is 0 Å². The van der Waals surface area contributed by atoms with Gasteiger partial charge >= 0.3 is 6.03 Å². The average molecular weight is 213 g/mol. The zero-order valence-corrected chi connectivity index (χ0v) is 8.84. The minimum Gasteiger partial charge on any atom is -0.326 e. The highest BCUT2D eigenvalue weighted by molar-refractivity contribution is 5.80. The highest BCUT2D eigenvalue weighted by Crippen LogP contribution is 2.21. The Morgan fingerprint density at radius 3 is 2.62 bits per heavy atom. The van der Waals surface area contributed by atoms with Crippen LogP contribution in [0, 0.1) is 11.5 Å². The first-order chi connectivity index (χ1) is 7.72. The van der Waals surface area contributed by atoms with Crippen LogP contribution in [-0.2, 0) is 0 Å². The van der Waals surface area contributed by atoms with Crippen molar-refractivity contribution in [1.82, 2.24) is 10.2 Å². The molecule has 1 aliphatic heterocycles. The van der Waals surface area contributed by atoms with E-state index in [-0.39, 0.29) is 12.1 Å². The first kappa shape index (κ1) is 10.2. The predicted octanol–water partition coefficient (Wildman–Crippen LogP) is 2.14. The molecule has 4 nitrogen and oxygen atoms in total. The van der Waals surface area contributed by atoms with E-state index in [2.05, 4.69) is 5.32 Å². The van der Waals surface area contributed by atoms with Gasteiger partial charge < -0.3 is 5.32 Å². The van der Waals surface area contributed by atoms with Gasteiger partial charge in [-0.05, 0) is 18.6 Å². The molecule has 1 atom stereocenters. The summed E-state index contributed by atoms with van der Waals surface area (Å²) >= 11 is 0. The third-order valence-electron chi connectivity index (χ3n) is 2.50. The van der Waals surface area contributed by atoms with E-state index < -0.39 is 0 Å². The fourth-order valence-electron chi connectivity index (χ4n) is 1.68. The molecule has 80 valence electrons. The van der Waals surface area contributed by atoms with Crippen molar-refractivity contribution in [2.45, 2.75) is 13.0 Å². The second-order valence-electron chi connectivity index (χ2n) is 3.58. The molecule has 0 saturated carbocycles. The fraction of sp³-hybridized carbons (Fsp3) is 0.167. The number of hydrogen-bond acceptors (Lipinski definition) is 2. The van der Waals surface area contributed by atoms with Crippen LogP contribution in [0.2, 0.25) is 0 Å². The third kappa shape index (κ3) is 1.75. The van der Waals surface area contributed by atoms with Crippen molar-refractivity contribution >= 4 is 6.03 Å². The summed E-state index contributed by atoms with van der Waals surface area (Å²) in [5, 5.41) is 11.5. The van der Waals surface area contributed by atoms with Crippen LogP contribution in [0.5, 0.6) is 0 Å². The lowest BCUT2D eigenvalue weighted by molar-refractivity contribution is 0.219. The summed E-state index contributed by atoms with van der Waals surface area (Å²) < 4.78 is 0. The molecule has 1 heterocycles. The molecule has 1 N–H and O–H groups in total. The molecule has 0 fully saturated rings. The Hall–Kier alpha value is -2.28. The average Bonchev–Trinajstić information content (AvgIpc) is 2.30. The predicted molar refractivity (Wildman–Crippen MR) is 58.9 cm³/mol. The lowest BCUT2D eigenvalue weighted by Gasteiger charge is -2.26. The van der Waals surface area contributed by atoms with Crippen LogP contribution < -0.4 is 5.32 Å². The lowest BCUT2D eigenvalue weighted by Crippen LogP contribution is -2.41. The Morgan fingerprint density at radius 2 is 2.06 bits per heavy atom. The lowest BCUT2D eigenvalue weighted by atomic mass is 10.0. The highest BCUT2D eigenvalue weighted by Gasteiger charge is 2.24. The van der Waals surface area contributed by atoms with Crippen molar-refractivity contribution in [3.05, 3.63) is 47.7 Å². The summed E-state index contributed by atoms with van der Waals surface area (Å²) in [6.45, 7) is 1.75. The molecular formula is C12H11N3O. The van der Waals surface area contributed by atoms with Gasteiger partial charge in [0.1, 0.15) is 0 Å². The van der Waals surface area contributed by atoms with E-state index in [0.29, 0.717) is 5.70 Å². The summed E-state index contributed by atoms with van der Waals surface area (Å²) in [6.07, 6.45) is 3.69. The van der Waals surface area contributed by atoms with Gasteiger partial charge in [-0.15, -0.1) is 0 Å². The Morgan fingerprint density at radius 1 is 1.38 bits per heavy atom. The zero-order chi connectivity index (χ0) is 11.5. The van der Waals surface area contributed by atoms with E-state index >= 15 is 0 Å². The molecular weight excluding hydrogens is 202 g/mol. The quantitative estimate of drug-likeness (QED) is 0.726. The van der Waals surface area contributed by atoms with Crippen LogP contribution in [0.1, 0.15) is 18.5 Å². The fourth-order valence-corrected chi connectivity index (χ4v) is 1.68. The summed E-state index contributed by atoms with van der Waals surface area (Å²) in [7, 11) is 0. The number of hydrogen-bond donors (Lipinski definition) is 1. The Labute approximate surface area is 93.8 Å². The van der Waals surface area contributed by atoms with Crippen LogP contribution in [0.3, 0.4) is 0 Å². The van der Waals surface area contributed by atoms with Crippen LogP contribution in [0.4, 0.5) is 4.79 Å². The Bertz CT molecular complexity index is 473. The molecule has 2 amide bonds. The second-order valence-corrected chi connectivity index (χ2v) is 3.58. The molecule has 0 aliphatic carbocycles. The molecule has 0 aromatic heterocycles. The highest BCUT2D eigenvalue weighted by atomic mass is 16.2. The number of nitrogens with one attached hydrogen (secondary N) is 1. The number of benzene rings is 1. The summed E-state index contributed by atoms with van der Waals surface area (Å²) in [5.41, 5.74) is 1.66. The van der Waals surface area contributed by atoms with E-state index in [1.54, 1.807) is 6.92 Å². The van der Waals surface area contributed by atoms with Gasteiger partial charge in [0, 0.05) is 5.70 Å². The van der Waals surface area contributed by atoms with Gasteiger partial charge in [-0.3, -0.25) is 0 Å². The number of nitriles is 1. The van der Waals surface area contributed by atoms with Gasteiger partial charge in [0.2, 0.25) is 0 Å². The first-order valence-electron chi connectivity index (χ1n) is 4.96. The number of carbonyl (C=O) groups is 1. The summed E-state index contributed by atoms with van der Waals surface area (Å²) in [6, 6.07) is 9.11. The Balaban J connectivity index is 2.32. The summed E-state index contributed by atoms with van der Waals surface area (Å²) in [5.74, 6) is 0. The van der Waals surface area contributed by atoms with Crippen molar-refractivity contribution in [3.63, 3.8) is 0 Å². The molecule has 16 heavy (non-hydrogen) atoms. The van der Waals surface area contributed by atoms with E-state index in [1.807, 2.05) is 42.6 Å². The number of rotatable bonds is 1. The largest absolute Gasteiger partial charge is 0.335 e. The van der Waals surface area contributed by atoms with Gasteiger partial charge in [-0.25, -0.2) is 9.69 Å². The number of allylic oxidation sites excluding steroid dienone is 1. The van der Waals surface area contributed by atoms with Crippen LogP contribution in [-0.4, -0.2) is 10.9 Å². The number of urea groups is 1. The maximum atomic E-state index is 11.6. The van der Waals surface area contributed by atoms with Crippen LogP contribution in [0.15, 0.2) is 42.1 Å². The van der Waals surface area contributed by atoms with Crippen molar-refractivity contribution in [3.8, 4) is 6.19 Å². The second kappa shape index (κ2) is 4.07. The standard InChI is InChI=1S/C12H11N3O/c1-9-7-11(10-5-3-2-4-6-10)14-12(16)15(9)8-13/h2-7,11H,1H3,(H,14,16). The van der Waals surface area contributed by atoms with Crippen LogP contribution >= 0.6 is 0 Å². The van der Waals surface area contributed by atoms with Gasteiger partial charge in [-0.1, -0.05) is 30.3 Å². The molecule has 1 aromatic rings. The monoisotopic (exact) mass is 213 g/mol. The number of nitrogens with zero attached hydrogens (tertiary/aromatic N) is 2. The van der Waals surface area contributed by atoms with Gasteiger partial charge in [0.15, 0.2) is 6.19 Å². The van der Waals surface area contributed by atoms with Gasteiger partial charge in [0.25, 0.3) is 0 Å². The SMILES string of the molecule is CC1=CC(c2ccccc2)NC(=O)N1C#N. The molecule has 1 unspecified atom stereocenters. The molecule has 0 spiro atoms. The van der Waals surface area contributed by atoms with Crippen molar-refractivity contribution in [2.24, 2.45) is 0 Å². The van der Waals surface area contributed by atoms with Crippen molar-refractivity contribution < 1.29 is 4.79 Å². The van der Waals surface area contributed by atoms with Crippen molar-refractivity contribution in [1.29, 1.82) is 5.26 Å². The molecule has 1 aliphatic rings. The third-order valence-corrected chi connectivity index (χ3v) is 2.50. The van der Waals surface area contributed by atoms with E-state index in [4.69, 9.17) is 5.26 Å².